The molecule has 1 aromatic rings. The molecule has 2 aliphatic rings. The Balaban J connectivity index is 2.01. The molecule has 3 rings (SSSR count). The number of halogens is 2. The van der Waals surface area contributed by atoms with Gasteiger partial charge in [0.25, 0.3) is 0 Å². The lowest BCUT2D eigenvalue weighted by atomic mass is 9.82. The second kappa shape index (κ2) is 5.64. The highest BCUT2D eigenvalue weighted by Crippen LogP contribution is 2.36. The third kappa shape index (κ3) is 2.51. The average molecular weight is 379 g/mol. The first-order valence-electron chi connectivity index (χ1n) is 6.66. The van der Waals surface area contributed by atoms with Crippen LogP contribution < -0.4 is 0 Å². The number of benzene rings is 1. The van der Waals surface area contributed by atoms with Gasteiger partial charge in [0.15, 0.2) is 0 Å². The van der Waals surface area contributed by atoms with Crippen LogP contribution in [-0.2, 0) is 4.43 Å². The summed E-state index contributed by atoms with van der Waals surface area (Å²) < 4.78 is 14.3. The van der Waals surface area contributed by atoms with Gasteiger partial charge in [-0.15, -0.1) is 0 Å². The molecule has 1 aromatic carbocycles. The van der Waals surface area contributed by atoms with E-state index in [0.29, 0.717) is 10.3 Å². The van der Waals surface area contributed by atoms with E-state index in [1.807, 2.05) is 24.5 Å². The Bertz CT molecular complexity index is 668. The van der Waals surface area contributed by atoms with Crippen molar-refractivity contribution >= 4 is 34.4 Å². The number of fused-ring (bicyclic) bond motifs is 1. The van der Waals surface area contributed by atoms with Gasteiger partial charge in [0, 0.05) is 22.8 Å². The highest BCUT2D eigenvalue weighted by Gasteiger charge is 2.20. The molecular formula is C17H15FIN. The van der Waals surface area contributed by atoms with Crippen LogP contribution in [0.25, 0.3) is 5.57 Å². The summed E-state index contributed by atoms with van der Waals surface area (Å²) in [5, 5.41) is 0. The van der Waals surface area contributed by atoms with Crippen molar-refractivity contribution in [2.45, 2.75) is 17.8 Å². The summed E-state index contributed by atoms with van der Waals surface area (Å²) in [7, 11) is 0. The average Bonchev–Trinajstić information content (AvgIpc) is 2.47. The van der Waals surface area contributed by atoms with Gasteiger partial charge in [0.05, 0.1) is 0 Å². The predicted molar refractivity (Wildman–Crippen MR) is 90.5 cm³/mol. The fourth-order valence-corrected chi connectivity index (χ4v) is 3.28. The van der Waals surface area contributed by atoms with Crippen molar-refractivity contribution in [2.24, 2.45) is 10.9 Å². The molecule has 0 aromatic heterocycles. The van der Waals surface area contributed by atoms with Crippen LogP contribution in [0.4, 0.5) is 4.39 Å². The lowest BCUT2D eigenvalue weighted by Gasteiger charge is -2.24. The molecule has 1 aliphatic heterocycles. The molecule has 1 aliphatic carbocycles. The Kier molecular flexibility index (Phi) is 3.87. The first kappa shape index (κ1) is 13.7. The molecule has 0 saturated carbocycles. The van der Waals surface area contributed by atoms with E-state index in [1.54, 1.807) is 6.07 Å². The van der Waals surface area contributed by atoms with Crippen molar-refractivity contribution in [1.82, 2.24) is 0 Å². The molecule has 0 saturated heterocycles. The van der Waals surface area contributed by atoms with Gasteiger partial charge in [0.1, 0.15) is 5.82 Å². The molecule has 102 valence electrons. The maximum atomic E-state index is 13.6. The number of rotatable bonds is 2. The Morgan fingerprint density at radius 3 is 3.05 bits per heavy atom. The summed E-state index contributed by atoms with van der Waals surface area (Å²) in [4.78, 5) is 4.24. The van der Waals surface area contributed by atoms with Crippen LogP contribution in [0.5, 0.6) is 0 Å². The third-order valence-electron chi connectivity index (χ3n) is 3.81. The fraction of sp³-hybridized carbons (Fsp3) is 0.235. The zero-order valence-corrected chi connectivity index (χ0v) is 13.4. The van der Waals surface area contributed by atoms with Crippen LogP contribution in [0.2, 0.25) is 0 Å². The summed E-state index contributed by atoms with van der Waals surface area (Å²) in [6, 6.07) is 5.40. The summed E-state index contributed by atoms with van der Waals surface area (Å²) in [6.45, 7) is 2.12. The van der Waals surface area contributed by atoms with Crippen molar-refractivity contribution in [3.63, 3.8) is 0 Å². The van der Waals surface area contributed by atoms with Crippen LogP contribution >= 0.6 is 22.6 Å². The van der Waals surface area contributed by atoms with Gasteiger partial charge < -0.3 is 0 Å². The molecular weight excluding hydrogens is 364 g/mol. The number of alkyl halides is 1. The van der Waals surface area contributed by atoms with Crippen molar-refractivity contribution in [3.8, 4) is 0 Å². The van der Waals surface area contributed by atoms with E-state index in [0.717, 1.165) is 17.5 Å². The molecule has 0 bridgehead atoms. The van der Waals surface area contributed by atoms with E-state index in [9.17, 15) is 4.39 Å². The maximum Gasteiger partial charge on any atom is 0.127 e. The van der Waals surface area contributed by atoms with Crippen LogP contribution in [0, 0.1) is 11.7 Å². The van der Waals surface area contributed by atoms with Crippen LogP contribution in [0.3, 0.4) is 0 Å². The van der Waals surface area contributed by atoms with Gasteiger partial charge >= 0.3 is 0 Å². The van der Waals surface area contributed by atoms with Gasteiger partial charge in [-0.2, -0.15) is 0 Å². The SMILES string of the molecule is CC1=CC(c2ccc(F)c(CI)c2)=CC2CC=NC=C12. The summed E-state index contributed by atoms with van der Waals surface area (Å²) in [5.41, 5.74) is 5.60. The lowest BCUT2D eigenvalue weighted by molar-refractivity contribution is 0.618. The van der Waals surface area contributed by atoms with Crippen molar-refractivity contribution in [1.29, 1.82) is 0 Å². The Morgan fingerprint density at radius 1 is 1.40 bits per heavy atom. The monoisotopic (exact) mass is 379 g/mol. The molecule has 0 N–H and O–H groups in total. The number of hydrogen-bond donors (Lipinski definition) is 0. The lowest BCUT2D eigenvalue weighted by Crippen LogP contribution is -2.11. The van der Waals surface area contributed by atoms with Crippen LogP contribution in [0.15, 0.2) is 52.7 Å². The van der Waals surface area contributed by atoms with Gasteiger partial charge in [-0.1, -0.05) is 40.8 Å². The predicted octanol–water partition coefficient (Wildman–Crippen LogP) is 5.08. The van der Waals surface area contributed by atoms with Gasteiger partial charge in [0.2, 0.25) is 0 Å². The molecule has 0 spiro atoms. The molecule has 1 atom stereocenters. The van der Waals surface area contributed by atoms with Gasteiger partial charge in [-0.25, -0.2) is 4.39 Å². The quantitative estimate of drug-likeness (QED) is 0.502. The van der Waals surface area contributed by atoms with Crippen molar-refractivity contribution in [2.75, 3.05) is 0 Å². The number of allylic oxidation sites excluding steroid dienone is 5. The minimum absolute atomic E-state index is 0.120. The minimum atomic E-state index is -0.120. The summed E-state index contributed by atoms with van der Waals surface area (Å²) in [5.74, 6) is 0.284. The first-order valence-corrected chi connectivity index (χ1v) is 8.18. The van der Waals surface area contributed by atoms with E-state index in [2.05, 4.69) is 46.7 Å². The number of nitrogens with zero attached hydrogens (tertiary/aromatic N) is 1. The Labute approximate surface area is 132 Å². The van der Waals surface area contributed by atoms with Crippen LogP contribution in [0.1, 0.15) is 24.5 Å². The highest BCUT2D eigenvalue weighted by atomic mass is 127. The van der Waals surface area contributed by atoms with E-state index < -0.39 is 0 Å². The third-order valence-corrected chi connectivity index (χ3v) is 4.63. The standard InChI is InChI=1S/C17H15FIN/c1-11-6-14(8-13-4-5-20-10-16(11)13)12-2-3-17(18)15(7-12)9-19/h2-3,5-8,10,13H,4,9H2,1H3. The topological polar surface area (TPSA) is 12.4 Å². The Morgan fingerprint density at radius 2 is 2.25 bits per heavy atom. The van der Waals surface area contributed by atoms with E-state index in [4.69, 9.17) is 0 Å². The normalized spacial score (nSPS) is 20.9. The zero-order valence-electron chi connectivity index (χ0n) is 11.2. The molecule has 0 amide bonds. The number of aliphatic imine (C=N–C) groups is 1. The summed E-state index contributed by atoms with van der Waals surface area (Å²) >= 11 is 2.20. The smallest absolute Gasteiger partial charge is 0.127 e. The highest BCUT2D eigenvalue weighted by molar-refractivity contribution is 14.1. The molecule has 1 nitrogen and oxygen atoms in total. The second-order valence-electron chi connectivity index (χ2n) is 5.15. The van der Waals surface area contributed by atoms with Crippen molar-refractivity contribution < 1.29 is 4.39 Å². The number of hydrogen-bond acceptors (Lipinski definition) is 1. The Hall–Kier alpha value is -1.23. The van der Waals surface area contributed by atoms with Crippen molar-refractivity contribution in [3.05, 3.63) is 64.6 Å². The molecule has 0 radical (unpaired) electrons. The van der Waals surface area contributed by atoms with Gasteiger partial charge in [-0.3, -0.25) is 4.99 Å². The van der Waals surface area contributed by atoms with E-state index >= 15 is 0 Å². The molecule has 3 heteroatoms. The largest absolute Gasteiger partial charge is 0.269 e. The maximum absolute atomic E-state index is 13.6. The minimum Gasteiger partial charge on any atom is -0.269 e. The molecule has 20 heavy (non-hydrogen) atoms. The zero-order chi connectivity index (χ0) is 14.1. The first-order chi connectivity index (χ1) is 9.69. The molecule has 0 fully saturated rings. The van der Waals surface area contributed by atoms with E-state index in [1.165, 1.54) is 16.7 Å². The fourth-order valence-electron chi connectivity index (χ4n) is 2.70. The molecule has 1 unspecified atom stereocenters. The van der Waals surface area contributed by atoms with Crippen LogP contribution in [-0.4, -0.2) is 6.21 Å². The molecule has 1 heterocycles. The summed E-state index contributed by atoms with van der Waals surface area (Å²) in [6.07, 6.45) is 9.30. The van der Waals surface area contributed by atoms with Gasteiger partial charge in [-0.05, 0) is 53.3 Å². The van der Waals surface area contributed by atoms with E-state index in [-0.39, 0.29) is 5.82 Å². The second-order valence-corrected chi connectivity index (χ2v) is 5.91.